The number of rotatable bonds is 6. The molecule has 0 aromatic heterocycles. The van der Waals surface area contributed by atoms with Gasteiger partial charge in [-0.2, -0.15) is 0 Å². The summed E-state index contributed by atoms with van der Waals surface area (Å²) in [4.78, 5) is 27.8. The number of amides is 2. The van der Waals surface area contributed by atoms with Crippen molar-refractivity contribution in [2.75, 3.05) is 36.5 Å². The van der Waals surface area contributed by atoms with Crippen LogP contribution in [0.1, 0.15) is 28.8 Å². The quantitative estimate of drug-likeness (QED) is 0.622. The second kappa shape index (κ2) is 9.01. The number of nitrogens with one attached hydrogen (secondary N) is 2. The molecule has 0 atom stereocenters. The lowest BCUT2D eigenvalue weighted by atomic mass is 10.0. The van der Waals surface area contributed by atoms with E-state index >= 15 is 0 Å². The highest BCUT2D eigenvalue weighted by atomic mass is 16.5. The van der Waals surface area contributed by atoms with Crippen molar-refractivity contribution in [2.24, 2.45) is 5.92 Å². The summed E-state index contributed by atoms with van der Waals surface area (Å²) in [5.74, 6) is -0.130. The molecule has 0 spiro atoms. The van der Waals surface area contributed by atoms with Crippen LogP contribution in [0.4, 0.5) is 11.4 Å². The average Bonchev–Trinajstić information content (AvgIpc) is 3.69. The molecule has 3 aromatic carbocycles. The highest BCUT2D eigenvalue weighted by Crippen LogP contribution is 2.32. The zero-order valence-electron chi connectivity index (χ0n) is 18.0. The lowest BCUT2D eigenvalue weighted by molar-refractivity contribution is -0.117. The van der Waals surface area contributed by atoms with Crippen molar-refractivity contribution in [3.8, 4) is 0 Å². The van der Waals surface area contributed by atoms with Crippen molar-refractivity contribution >= 4 is 34.0 Å². The van der Waals surface area contributed by atoms with Gasteiger partial charge < -0.3 is 20.3 Å². The lowest BCUT2D eigenvalue weighted by Crippen LogP contribution is -2.36. The second-order valence-corrected chi connectivity index (χ2v) is 8.46. The SMILES string of the molecule is O=C(NCc1ccc(N2CCOCC2)cc1)c1cc2ccccc2cc1NC(=O)C1CC1. The minimum absolute atomic E-state index is 0.00645. The fourth-order valence-corrected chi connectivity index (χ4v) is 4.04. The van der Waals surface area contributed by atoms with E-state index in [2.05, 4.69) is 27.7 Å². The fraction of sp³-hybridized carbons (Fsp3) is 0.308. The van der Waals surface area contributed by atoms with E-state index in [1.165, 1.54) is 5.69 Å². The number of benzene rings is 3. The van der Waals surface area contributed by atoms with Gasteiger partial charge in [-0.1, -0.05) is 36.4 Å². The molecule has 32 heavy (non-hydrogen) atoms. The first-order valence-corrected chi connectivity index (χ1v) is 11.2. The van der Waals surface area contributed by atoms with Crippen molar-refractivity contribution in [3.05, 3.63) is 71.8 Å². The van der Waals surface area contributed by atoms with Gasteiger partial charge in [-0.15, -0.1) is 0 Å². The van der Waals surface area contributed by atoms with E-state index in [0.29, 0.717) is 17.8 Å². The molecule has 2 amide bonds. The van der Waals surface area contributed by atoms with Crippen LogP contribution < -0.4 is 15.5 Å². The molecule has 1 heterocycles. The molecule has 1 saturated heterocycles. The third kappa shape index (κ3) is 4.60. The normalized spacial score (nSPS) is 16.1. The van der Waals surface area contributed by atoms with E-state index in [1.807, 2.05) is 48.5 Å². The number of nitrogens with zero attached hydrogens (tertiary/aromatic N) is 1. The first kappa shape index (κ1) is 20.5. The maximum Gasteiger partial charge on any atom is 0.253 e. The maximum absolute atomic E-state index is 13.1. The van der Waals surface area contributed by atoms with Gasteiger partial charge in [-0.05, 0) is 53.4 Å². The summed E-state index contributed by atoms with van der Waals surface area (Å²) in [5.41, 5.74) is 3.26. The number of morpholine rings is 1. The van der Waals surface area contributed by atoms with Gasteiger partial charge in [0.1, 0.15) is 0 Å². The van der Waals surface area contributed by atoms with Gasteiger partial charge in [0.15, 0.2) is 0 Å². The summed E-state index contributed by atoms with van der Waals surface area (Å²) in [6, 6.07) is 19.9. The van der Waals surface area contributed by atoms with Crippen molar-refractivity contribution in [1.82, 2.24) is 5.32 Å². The summed E-state index contributed by atoms with van der Waals surface area (Å²) in [6.07, 6.45) is 1.84. The van der Waals surface area contributed by atoms with Crippen LogP contribution in [0.3, 0.4) is 0 Å². The highest BCUT2D eigenvalue weighted by molar-refractivity contribution is 6.08. The number of carbonyl (C=O) groups excluding carboxylic acids is 2. The van der Waals surface area contributed by atoms with Crippen LogP contribution in [0.2, 0.25) is 0 Å². The van der Waals surface area contributed by atoms with Gasteiger partial charge in [-0.3, -0.25) is 9.59 Å². The van der Waals surface area contributed by atoms with E-state index in [1.54, 1.807) is 0 Å². The summed E-state index contributed by atoms with van der Waals surface area (Å²) in [5, 5.41) is 7.95. The molecule has 2 fully saturated rings. The van der Waals surface area contributed by atoms with Gasteiger partial charge in [0.25, 0.3) is 5.91 Å². The number of hydrogen-bond donors (Lipinski definition) is 2. The lowest BCUT2D eigenvalue weighted by Gasteiger charge is -2.28. The molecular weight excluding hydrogens is 402 g/mol. The maximum atomic E-state index is 13.1. The van der Waals surface area contributed by atoms with Crippen LogP contribution in [0.15, 0.2) is 60.7 Å². The third-order valence-electron chi connectivity index (χ3n) is 6.10. The summed E-state index contributed by atoms with van der Waals surface area (Å²) in [7, 11) is 0. The first-order valence-electron chi connectivity index (χ1n) is 11.2. The van der Waals surface area contributed by atoms with Crippen LogP contribution in [-0.4, -0.2) is 38.1 Å². The molecular formula is C26H27N3O3. The van der Waals surface area contributed by atoms with Crippen molar-refractivity contribution < 1.29 is 14.3 Å². The largest absolute Gasteiger partial charge is 0.378 e. The minimum Gasteiger partial charge on any atom is -0.378 e. The Balaban J connectivity index is 1.30. The molecule has 1 saturated carbocycles. The van der Waals surface area contributed by atoms with Crippen LogP contribution >= 0.6 is 0 Å². The first-order chi connectivity index (χ1) is 15.7. The van der Waals surface area contributed by atoms with E-state index in [-0.39, 0.29) is 17.7 Å². The Labute approximate surface area is 187 Å². The molecule has 5 rings (SSSR count). The topological polar surface area (TPSA) is 70.7 Å². The number of hydrogen-bond acceptors (Lipinski definition) is 4. The number of anilines is 2. The Morgan fingerprint density at radius 3 is 2.31 bits per heavy atom. The molecule has 2 aliphatic rings. The van der Waals surface area contributed by atoms with Crippen LogP contribution in [0.5, 0.6) is 0 Å². The Kier molecular flexibility index (Phi) is 5.77. The van der Waals surface area contributed by atoms with Gasteiger partial charge in [0.05, 0.1) is 24.5 Å². The van der Waals surface area contributed by atoms with E-state index < -0.39 is 0 Å². The molecule has 0 unspecified atom stereocenters. The number of carbonyl (C=O) groups is 2. The molecule has 1 aliphatic heterocycles. The standard InChI is InChI=1S/C26H27N3O3/c30-25(19-7-8-19)28-24-16-21-4-2-1-3-20(21)15-23(24)26(31)27-17-18-5-9-22(10-6-18)29-11-13-32-14-12-29/h1-6,9-10,15-16,19H,7-8,11-14,17H2,(H,27,31)(H,28,30). The van der Waals surface area contributed by atoms with Crippen LogP contribution in [0, 0.1) is 5.92 Å². The zero-order valence-corrected chi connectivity index (χ0v) is 18.0. The molecule has 3 aromatic rings. The van der Waals surface area contributed by atoms with Crippen molar-refractivity contribution in [3.63, 3.8) is 0 Å². The van der Waals surface area contributed by atoms with Gasteiger partial charge in [0.2, 0.25) is 5.91 Å². The summed E-state index contributed by atoms with van der Waals surface area (Å²) < 4.78 is 5.41. The predicted octanol–water partition coefficient (Wildman–Crippen LogP) is 3.95. The second-order valence-electron chi connectivity index (χ2n) is 8.46. The van der Waals surface area contributed by atoms with Crippen molar-refractivity contribution in [1.29, 1.82) is 0 Å². The molecule has 6 heteroatoms. The monoisotopic (exact) mass is 429 g/mol. The minimum atomic E-state index is -0.195. The Bertz CT molecular complexity index is 1130. The number of fused-ring (bicyclic) bond motifs is 1. The van der Waals surface area contributed by atoms with Gasteiger partial charge >= 0.3 is 0 Å². The molecule has 0 radical (unpaired) electrons. The average molecular weight is 430 g/mol. The Morgan fingerprint density at radius 1 is 0.938 bits per heavy atom. The molecule has 0 bridgehead atoms. The smallest absolute Gasteiger partial charge is 0.253 e. The van der Waals surface area contributed by atoms with Crippen LogP contribution in [0.25, 0.3) is 10.8 Å². The van der Waals surface area contributed by atoms with E-state index in [0.717, 1.165) is 55.5 Å². The van der Waals surface area contributed by atoms with E-state index in [4.69, 9.17) is 4.74 Å². The molecule has 6 nitrogen and oxygen atoms in total. The summed E-state index contributed by atoms with van der Waals surface area (Å²) >= 11 is 0. The molecule has 2 N–H and O–H groups in total. The van der Waals surface area contributed by atoms with Crippen molar-refractivity contribution in [2.45, 2.75) is 19.4 Å². The zero-order chi connectivity index (χ0) is 21.9. The third-order valence-corrected chi connectivity index (χ3v) is 6.10. The fourth-order valence-electron chi connectivity index (χ4n) is 4.04. The van der Waals surface area contributed by atoms with Crippen LogP contribution in [-0.2, 0) is 16.1 Å². The predicted molar refractivity (Wildman–Crippen MR) is 126 cm³/mol. The molecule has 1 aliphatic carbocycles. The van der Waals surface area contributed by atoms with E-state index in [9.17, 15) is 9.59 Å². The van der Waals surface area contributed by atoms with Gasteiger partial charge in [-0.25, -0.2) is 0 Å². The highest BCUT2D eigenvalue weighted by Gasteiger charge is 2.30. The Hall–Kier alpha value is -3.38. The number of ether oxygens (including phenoxy) is 1. The summed E-state index contributed by atoms with van der Waals surface area (Å²) in [6.45, 7) is 3.72. The Morgan fingerprint density at radius 2 is 1.62 bits per heavy atom. The van der Waals surface area contributed by atoms with Gasteiger partial charge in [0, 0.05) is 31.2 Å². The molecule has 164 valence electrons.